The lowest BCUT2D eigenvalue weighted by molar-refractivity contribution is 0.0861. The molecule has 30 heavy (non-hydrogen) atoms. The van der Waals surface area contributed by atoms with Crippen LogP contribution in [0.4, 0.5) is 0 Å². The lowest BCUT2D eigenvalue weighted by atomic mass is 9.60. The van der Waals surface area contributed by atoms with E-state index in [9.17, 15) is 10.2 Å². The number of ether oxygens (including phenoxy) is 1. The van der Waals surface area contributed by atoms with E-state index in [0.717, 1.165) is 29.6 Å². The number of hydrogen-bond donors (Lipinski definition) is 2. The van der Waals surface area contributed by atoms with Crippen molar-refractivity contribution in [3.05, 3.63) is 35.5 Å². The quantitative estimate of drug-likeness (QED) is 0.546. The maximum absolute atomic E-state index is 10.1. The van der Waals surface area contributed by atoms with E-state index in [-0.39, 0.29) is 5.60 Å². The summed E-state index contributed by atoms with van der Waals surface area (Å²) in [5.41, 5.74) is 4.03. The summed E-state index contributed by atoms with van der Waals surface area (Å²) in [5, 5.41) is 20.2. The Kier molecular flexibility index (Phi) is 6.36. The van der Waals surface area contributed by atoms with Crippen LogP contribution in [0.3, 0.4) is 0 Å². The van der Waals surface area contributed by atoms with Crippen molar-refractivity contribution >= 4 is 0 Å². The number of aliphatic hydroxyl groups is 2. The first-order chi connectivity index (χ1) is 14.2. The predicted molar refractivity (Wildman–Crippen MR) is 122 cm³/mol. The largest absolute Gasteiger partial charge is 0.393 e. The number of aliphatic hydroxyl groups excluding tert-OH is 2. The van der Waals surface area contributed by atoms with E-state index in [0.29, 0.717) is 24.2 Å². The van der Waals surface area contributed by atoms with Crippen LogP contribution in [0, 0.1) is 23.2 Å². The molecular formula is C27H42O3. The first-order valence-corrected chi connectivity index (χ1v) is 12.3. The fourth-order valence-corrected chi connectivity index (χ4v) is 6.95. The van der Waals surface area contributed by atoms with Gasteiger partial charge in [-0.15, -0.1) is 0 Å². The SMILES string of the molecule is C=C1/C(=C/C=C2\CCC[C@]3(C)[C@@H]([C@H](C)CCCC4(C)CO4)CC[C@@H]23)C[C@@H](O)C[C@@H]1O. The summed E-state index contributed by atoms with van der Waals surface area (Å²) in [5.74, 6) is 2.29. The standard InChI is InChI=1S/C27H42O3/c1-18(7-5-13-26(3)17-30-26)23-11-12-24-20(8-6-14-27(23,24)4)9-10-21-15-22(28)16-25(29)19(21)2/h9-10,18,22-25,28-29H,2,5-8,11-17H2,1,3-4H3/b20-9+,21-10+/t18-,22-,23-,24+,25+,26?,27-/m1/s1. The highest BCUT2D eigenvalue weighted by Crippen LogP contribution is 2.60. The third kappa shape index (κ3) is 4.49. The molecule has 3 saturated carbocycles. The average Bonchev–Trinajstić information content (AvgIpc) is 3.30. The first kappa shape index (κ1) is 22.3. The number of fused-ring (bicyclic) bond motifs is 1. The molecule has 0 bridgehead atoms. The molecule has 0 radical (unpaired) electrons. The summed E-state index contributed by atoms with van der Waals surface area (Å²) >= 11 is 0. The maximum atomic E-state index is 10.1. The van der Waals surface area contributed by atoms with Crippen molar-refractivity contribution in [2.24, 2.45) is 23.2 Å². The van der Waals surface area contributed by atoms with Gasteiger partial charge in [0.15, 0.2) is 0 Å². The van der Waals surface area contributed by atoms with Gasteiger partial charge >= 0.3 is 0 Å². The van der Waals surface area contributed by atoms with Gasteiger partial charge in [-0.05, 0) is 86.2 Å². The van der Waals surface area contributed by atoms with Gasteiger partial charge in [-0.2, -0.15) is 0 Å². The van der Waals surface area contributed by atoms with Crippen LogP contribution in [0.25, 0.3) is 0 Å². The molecule has 3 aliphatic carbocycles. The fraction of sp³-hybridized carbons (Fsp3) is 0.778. The van der Waals surface area contributed by atoms with Crippen molar-refractivity contribution in [1.82, 2.24) is 0 Å². The predicted octanol–water partition coefficient (Wildman–Crippen LogP) is 5.72. The first-order valence-electron chi connectivity index (χ1n) is 12.3. The second-order valence-electron chi connectivity index (χ2n) is 11.3. The second kappa shape index (κ2) is 8.56. The highest BCUT2D eigenvalue weighted by Gasteiger charge is 2.50. The Balaban J connectivity index is 1.43. The van der Waals surface area contributed by atoms with Gasteiger partial charge in [0.25, 0.3) is 0 Å². The van der Waals surface area contributed by atoms with E-state index in [1.54, 1.807) is 5.57 Å². The van der Waals surface area contributed by atoms with Crippen molar-refractivity contribution in [2.75, 3.05) is 6.61 Å². The maximum Gasteiger partial charge on any atom is 0.0888 e. The Morgan fingerprint density at radius 1 is 1.23 bits per heavy atom. The third-order valence-corrected chi connectivity index (χ3v) is 8.99. The minimum atomic E-state index is -0.602. The van der Waals surface area contributed by atoms with E-state index < -0.39 is 12.2 Å². The summed E-state index contributed by atoms with van der Waals surface area (Å²) < 4.78 is 5.57. The second-order valence-corrected chi connectivity index (χ2v) is 11.3. The molecule has 0 spiro atoms. The molecule has 1 heterocycles. The lowest BCUT2D eigenvalue weighted by Crippen LogP contribution is -2.36. The molecule has 1 saturated heterocycles. The summed E-state index contributed by atoms with van der Waals surface area (Å²) in [6.07, 6.45) is 14.8. The molecule has 3 heteroatoms. The van der Waals surface area contributed by atoms with Crippen LogP contribution in [-0.2, 0) is 4.74 Å². The third-order valence-electron chi connectivity index (χ3n) is 8.99. The monoisotopic (exact) mass is 414 g/mol. The van der Waals surface area contributed by atoms with Crippen LogP contribution in [0.5, 0.6) is 0 Å². The average molecular weight is 415 g/mol. The Morgan fingerprint density at radius 3 is 2.73 bits per heavy atom. The zero-order valence-electron chi connectivity index (χ0n) is 19.3. The van der Waals surface area contributed by atoms with Crippen LogP contribution in [0.2, 0.25) is 0 Å². The van der Waals surface area contributed by atoms with Crippen molar-refractivity contribution in [2.45, 2.75) is 103 Å². The van der Waals surface area contributed by atoms with E-state index in [4.69, 9.17) is 4.74 Å². The highest BCUT2D eigenvalue weighted by atomic mass is 16.6. The zero-order chi connectivity index (χ0) is 21.5. The smallest absolute Gasteiger partial charge is 0.0888 e. The zero-order valence-corrected chi connectivity index (χ0v) is 19.3. The molecule has 0 aromatic rings. The van der Waals surface area contributed by atoms with Gasteiger partial charge in [-0.1, -0.05) is 51.0 Å². The number of epoxide rings is 1. The minimum Gasteiger partial charge on any atom is -0.393 e. The Hall–Kier alpha value is -0.900. The molecule has 1 unspecified atom stereocenters. The van der Waals surface area contributed by atoms with Crippen LogP contribution in [0.15, 0.2) is 35.5 Å². The van der Waals surface area contributed by atoms with Gasteiger partial charge in [0, 0.05) is 6.42 Å². The molecule has 0 aromatic heterocycles. The Morgan fingerprint density at radius 2 is 2.00 bits per heavy atom. The Bertz CT molecular complexity index is 716. The van der Waals surface area contributed by atoms with Gasteiger partial charge in [0.05, 0.1) is 24.4 Å². The summed E-state index contributed by atoms with van der Waals surface area (Å²) in [4.78, 5) is 0. The molecule has 0 amide bonds. The topological polar surface area (TPSA) is 53.0 Å². The van der Waals surface area contributed by atoms with Gasteiger partial charge in [-0.25, -0.2) is 0 Å². The van der Waals surface area contributed by atoms with E-state index in [1.165, 1.54) is 51.4 Å². The van der Waals surface area contributed by atoms with Gasteiger partial charge < -0.3 is 14.9 Å². The van der Waals surface area contributed by atoms with Crippen molar-refractivity contribution in [1.29, 1.82) is 0 Å². The fourth-order valence-electron chi connectivity index (χ4n) is 6.95. The molecule has 0 aromatic carbocycles. The van der Waals surface area contributed by atoms with Crippen LogP contribution >= 0.6 is 0 Å². The molecule has 7 atom stereocenters. The van der Waals surface area contributed by atoms with Crippen molar-refractivity contribution in [3.63, 3.8) is 0 Å². The summed E-state index contributed by atoms with van der Waals surface area (Å²) in [6.45, 7) is 12.3. The molecule has 168 valence electrons. The number of rotatable bonds is 6. The lowest BCUT2D eigenvalue weighted by Gasteiger charge is -2.44. The van der Waals surface area contributed by atoms with E-state index >= 15 is 0 Å². The van der Waals surface area contributed by atoms with Crippen LogP contribution in [0.1, 0.15) is 85.0 Å². The Labute approximate surface area is 183 Å². The molecule has 4 fully saturated rings. The van der Waals surface area contributed by atoms with Crippen molar-refractivity contribution < 1.29 is 14.9 Å². The molecule has 3 nitrogen and oxygen atoms in total. The van der Waals surface area contributed by atoms with Crippen LogP contribution < -0.4 is 0 Å². The summed E-state index contributed by atoms with van der Waals surface area (Å²) in [6, 6.07) is 0. The normalized spacial score (nSPS) is 45.0. The number of allylic oxidation sites excluding steroid dienone is 3. The molecular weight excluding hydrogens is 372 g/mol. The van der Waals surface area contributed by atoms with Gasteiger partial charge in [0.1, 0.15) is 0 Å². The molecule has 4 rings (SSSR count). The number of hydrogen-bond acceptors (Lipinski definition) is 3. The molecule has 4 aliphatic rings. The van der Waals surface area contributed by atoms with E-state index in [1.807, 2.05) is 0 Å². The van der Waals surface area contributed by atoms with Crippen molar-refractivity contribution in [3.8, 4) is 0 Å². The molecule has 2 N–H and O–H groups in total. The molecule has 1 aliphatic heterocycles. The van der Waals surface area contributed by atoms with E-state index in [2.05, 4.69) is 39.5 Å². The highest BCUT2D eigenvalue weighted by molar-refractivity contribution is 5.38. The van der Waals surface area contributed by atoms with Gasteiger partial charge in [-0.3, -0.25) is 0 Å². The minimum absolute atomic E-state index is 0.195. The van der Waals surface area contributed by atoms with Gasteiger partial charge in [0.2, 0.25) is 0 Å². The van der Waals surface area contributed by atoms with Crippen LogP contribution in [-0.4, -0.2) is 34.6 Å². The summed E-state index contributed by atoms with van der Waals surface area (Å²) in [7, 11) is 0.